The zero-order valence-electron chi connectivity index (χ0n) is 12.0. The van der Waals surface area contributed by atoms with E-state index in [9.17, 15) is 4.79 Å². The van der Waals surface area contributed by atoms with Gasteiger partial charge in [-0.1, -0.05) is 11.6 Å². The molecule has 0 aliphatic rings. The van der Waals surface area contributed by atoms with E-state index in [4.69, 9.17) is 26.8 Å². The second-order valence-electron chi connectivity index (χ2n) is 4.27. The second-order valence-corrected chi connectivity index (χ2v) is 4.67. The fourth-order valence-electron chi connectivity index (χ4n) is 2.02. The van der Waals surface area contributed by atoms with Gasteiger partial charge in [0, 0.05) is 0 Å². The van der Waals surface area contributed by atoms with Gasteiger partial charge in [0.1, 0.15) is 17.4 Å². The molecule has 1 heterocycles. The van der Waals surface area contributed by atoms with Crippen molar-refractivity contribution >= 4 is 23.4 Å². The van der Waals surface area contributed by atoms with Crippen LogP contribution in [-0.4, -0.2) is 29.2 Å². The third-order valence-electron chi connectivity index (χ3n) is 2.94. The molecule has 6 nitrogen and oxygen atoms in total. The lowest BCUT2D eigenvalue weighted by molar-refractivity contribution is 0.0521. The highest BCUT2D eigenvalue weighted by Gasteiger charge is 2.21. The third kappa shape index (κ3) is 2.80. The Balaban J connectivity index is 2.50. The molecule has 0 unspecified atom stereocenters. The van der Waals surface area contributed by atoms with Crippen molar-refractivity contribution in [2.45, 2.75) is 13.8 Å². The Labute approximate surface area is 127 Å². The van der Waals surface area contributed by atoms with Gasteiger partial charge in [-0.15, -0.1) is 0 Å². The quantitative estimate of drug-likeness (QED) is 0.878. The molecule has 2 N–H and O–H groups in total. The summed E-state index contributed by atoms with van der Waals surface area (Å²) in [7, 11) is 1.54. The van der Waals surface area contributed by atoms with Gasteiger partial charge in [-0.25, -0.2) is 9.78 Å². The first-order valence-electron chi connectivity index (χ1n) is 6.35. The molecular formula is C14H16ClN3O3. The lowest BCUT2D eigenvalue weighted by atomic mass is 10.3. The largest absolute Gasteiger partial charge is 0.495 e. The van der Waals surface area contributed by atoms with Gasteiger partial charge in [-0.2, -0.15) is 0 Å². The summed E-state index contributed by atoms with van der Waals surface area (Å²) in [5.74, 6) is 0.794. The van der Waals surface area contributed by atoms with Crippen LogP contribution in [0, 0.1) is 6.92 Å². The van der Waals surface area contributed by atoms with Crippen molar-refractivity contribution in [2.75, 3.05) is 19.5 Å². The highest BCUT2D eigenvalue weighted by Crippen LogP contribution is 2.29. The minimum absolute atomic E-state index is 0.0984. The van der Waals surface area contributed by atoms with Gasteiger partial charge in [0.25, 0.3) is 0 Å². The van der Waals surface area contributed by atoms with Crippen molar-refractivity contribution in [1.29, 1.82) is 0 Å². The highest BCUT2D eigenvalue weighted by molar-refractivity contribution is 6.32. The van der Waals surface area contributed by atoms with Crippen LogP contribution in [0.2, 0.25) is 5.02 Å². The van der Waals surface area contributed by atoms with E-state index >= 15 is 0 Å². The van der Waals surface area contributed by atoms with E-state index in [0.29, 0.717) is 22.3 Å². The lowest BCUT2D eigenvalue weighted by Gasteiger charge is -2.10. The molecule has 0 amide bonds. The number of aryl methyl sites for hydroxylation is 1. The first-order valence-corrected chi connectivity index (χ1v) is 6.73. The summed E-state index contributed by atoms with van der Waals surface area (Å²) in [5.41, 5.74) is 6.81. The maximum absolute atomic E-state index is 11.8. The van der Waals surface area contributed by atoms with Crippen molar-refractivity contribution in [1.82, 2.24) is 9.55 Å². The number of rotatable bonds is 4. The number of halogens is 1. The van der Waals surface area contributed by atoms with Crippen LogP contribution in [0.1, 0.15) is 23.2 Å². The lowest BCUT2D eigenvalue weighted by Crippen LogP contribution is -2.09. The fraction of sp³-hybridized carbons (Fsp3) is 0.286. The standard InChI is InChI=1S/C14H16ClN3O3/c1-4-21-14(19)12-13(16)18(8(2)17-12)9-5-6-11(20-3)10(15)7-9/h5-7H,4,16H2,1-3H3. The van der Waals surface area contributed by atoms with E-state index in [1.54, 1.807) is 36.6 Å². The van der Waals surface area contributed by atoms with Crippen LogP contribution in [0.5, 0.6) is 5.75 Å². The Kier molecular flexibility index (Phi) is 4.37. The predicted molar refractivity (Wildman–Crippen MR) is 80.2 cm³/mol. The van der Waals surface area contributed by atoms with Crippen LogP contribution >= 0.6 is 11.6 Å². The van der Waals surface area contributed by atoms with Crippen LogP contribution in [0.3, 0.4) is 0 Å². The molecule has 0 radical (unpaired) electrons. The number of nitrogens with two attached hydrogens (primary N) is 1. The zero-order valence-corrected chi connectivity index (χ0v) is 12.8. The Hall–Kier alpha value is -2.21. The van der Waals surface area contributed by atoms with Crippen LogP contribution in [-0.2, 0) is 4.74 Å². The molecule has 2 rings (SSSR count). The highest BCUT2D eigenvalue weighted by atomic mass is 35.5. The number of benzene rings is 1. The first kappa shape index (κ1) is 15.2. The molecule has 1 aromatic heterocycles. The number of anilines is 1. The molecule has 7 heteroatoms. The van der Waals surface area contributed by atoms with Gasteiger partial charge in [-0.3, -0.25) is 4.57 Å². The van der Waals surface area contributed by atoms with Crippen molar-refractivity contribution in [3.8, 4) is 11.4 Å². The molecule has 0 bridgehead atoms. The maximum Gasteiger partial charge on any atom is 0.360 e. The minimum atomic E-state index is -0.545. The Morgan fingerprint density at radius 3 is 2.76 bits per heavy atom. The third-order valence-corrected chi connectivity index (χ3v) is 3.24. The van der Waals surface area contributed by atoms with E-state index in [2.05, 4.69) is 4.98 Å². The van der Waals surface area contributed by atoms with Crippen LogP contribution < -0.4 is 10.5 Å². The average molecular weight is 310 g/mol. The number of hydrogen-bond acceptors (Lipinski definition) is 5. The summed E-state index contributed by atoms with van der Waals surface area (Å²) in [6, 6.07) is 5.20. The molecule has 0 spiro atoms. The Morgan fingerprint density at radius 1 is 1.48 bits per heavy atom. The number of carbonyl (C=O) groups is 1. The van der Waals surface area contributed by atoms with E-state index in [0.717, 1.165) is 0 Å². The normalized spacial score (nSPS) is 10.5. The topological polar surface area (TPSA) is 79.4 Å². The van der Waals surface area contributed by atoms with Crippen LogP contribution in [0.4, 0.5) is 5.82 Å². The number of hydrogen-bond donors (Lipinski definition) is 1. The molecule has 0 saturated carbocycles. The number of esters is 1. The molecule has 0 aliphatic heterocycles. The number of aromatic nitrogens is 2. The first-order chi connectivity index (χ1) is 9.99. The smallest absolute Gasteiger partial charge is 0.360 e. The van der Waals surface area contributed by atoms with Crippen LogP contribution in [0.25, 0.3) is 5.69 Å². The minimum Gasteiger partial charge on any atom is -0.495 e. The summed E-state index contributed by atoms with van der Waals surface area (Å²) in [4.78, 5) is 16.0. The SMILES string of the molecule is CCOC(=O)c1nc(C)n(-c2ccc(OC)c(Cl)c2)c1N. The molecule has 0 aliphatic carbocycles. The van der Waals surface area contributed by atoms with Gasteiger partial charge < -0.3 is 15.2 Å². The van der Waals surface area contributed by atoms with Gasteiger partial charge in [0.05, 0.1) is 24.4 Å². The molecule has 21 heavy (non-hydrogen) atoms. The number of carbonyl (C=O) groups excluding carboxylic acids is 1. The summed E-state index contributed by atoms with van der Waals surface area (Å²) in [6.45, 7) is 3.73. The van der Waals surface area contributed by atoms with Crippen molar-refractivity contribution in [3.05, 3.63) is 34.7 Å². The summed E-state index contributed by atoms with van der Waals surface area (Å²) in [6.07, 6.45) is 0. The number of methoxy groups -OCH3 is 1. The number of ether oxygens (including phenoxy) is 2. The molecule has 0 saturated heterocycles. The number of imidazole rings is 1. The van der Waals surface area contributed by atoms with E-state index in [-0.39, 0.29) is 18.1 Å². The average Bonchev–Trinajstić information content (AvgIpc) is 2.74. The van der Waals surface area contributed by atoms with E-state index in [1.165, 1.54) is 7.11 Å². The zero-order chi connectivity index (χ0) is 15.6. The second kappa shape index (κ2) is 6.05. The number of nitrogen functional groups attached to an aromatic ring is 1. The summed E-state index contributed by atoms with van der Waals surface area (Å²) < 4.78 is 11.7. The van der Waals surface area contributed by atoms with E-state index in [1.807, 2.05) is 0 Å². The van der Waals surface area contributed by atoms with Crippen molar-refractivity contribution < 1.29 is 14.3 Å². The predicted octanol–water partition coefficient (Wildman–Crippen LogP) is 2.60. The maximum atomic E-state index is 11.8. The van der Waals surface area contributed by atoms with E-state index < -0.39 is 5.97 Å². The molecule has 2 aromatic rings. The molecule has 112 valence electrons. The Morgan fingerprint density at radius 2 is 2.19 bits per heavy atom. The summed E-state index contributed by atoms with van der Waals surface area (Å²) in [5, 5.41) is 0.445. The molecule has 0 fully saturated rings. The Bertz CT molecular complexity index is 682. The van der Waals surface area contributed by atoms with Gasteiger partial charge in [-0.05, 0) is 32.0 Å². The van der Waals surface area contributed by atoms with Gasteiger partial charge >= 0.3 is 5.97 Å². The fourth-order valence-corrected chi connectivity index (χ4v) is 2.27. The molecular weight excluding hydrogens is 294 g/mol. The number of nitrogens with zero attached hydrogens (tertiary/aromatic N) is 2. The van der Waals surface area contributed by atoms with Crippen molar-refractivity contribution in [3.63, 3.8) is 0 Å². The monoisotopic (exact) mass is 309 g/mol. The van der Waals surface area contributed by atoms with Crippen molar-refractivity contribution in [2.24, 2.45) is 0 Å². The van der Waals surface area contributed by atoms with Gasteiger partial charge in [0.15, 0.2) is 5.69 Å². The van der Waals surface area contributed by atoms with Gasteiger partial charge in [0.2, 0.25) is 0 Å². The van der Waals surface area contributed by atoms with Crippen LogP contribution in [0.15, 0.2) is 18.2 Å². The molecule has 0 atom stereocenters. The molecule has 1 aromatic carbocycles. The summed E-state index contributed by atoms with van der Waals surface area (Å²) >= 11 is 6.11.